The zero-order valence-corrected chi connectivity index (χ0v) is 11.1. The molecule has 0 saturated carbocycles. The monoisotopic (exact) mass is 278 g/mol. The first-order valence-electron chi connectivity index (χ1n) is 6.15. The normalized spacial score (nSPS) is 11.3. The van der Waals surface area contributed by atoms with Crippen molar-refractivity contribution in [3.8, 4) is 11.8 Å². The minimum absolute atomic E-state index is 0.249. The molecule has 2 rings (SSSR count). The Balaban J connectivity index is 2.24. The van der Waals surface area contributed by atoms with Crippen molar-refractivity contribution in [3.05, 3.63) is 59.0 Å². The fraction of sp³-hybridized carbons (Fsp3) is 0.250. The summed E-state index contributed by atoms with van der Waals surface area (Å²) < 4.78 is 43.1. The molecule has 2 aromatic rings. The van der Waals surface area contributed by atoms with Gasteiger partial charge in [0.1, 0.15) is 5.76 Å². The lowest BCUT2D eigenvalue weighted by molar-refractivity contribution is -0.137. The van der Waals surface area contributed by atoms with Crippen LogP contribution in [0.2, 0.25) is 0 Å². The van der Waals surface area contributed by atoms with Crippen molar-refractivity contribution in [2.24, 2.45) is 0 Å². The largest absolute Gasteiger partial charge is 0.452 e. The lowest BCUT2D eigenvalue weighted by atomic mass is 10.1. The summed E-state index contributed by atoms with van der Waals surface area (Å²) in [6, 6.07) is 8.47. The third-order valence-corrected chi connectivity index (χ3v) is 2.72. The molecule has 0 atom stereocenters. The number of halogens is 3. The molecule has 1 nitrogen and oxygen atoms in total. The van der Waals surface area contributed by atoms with Gasteiger partial charge in [0, 0.05) is 11.5 Å². The Bertz CT molecular complexity index is 654. The van der Waals surface area contributed by atoms with Crippen LogP contribution in [0, 0.1) is 11.8 Å². The van der Waals surface area contributed by atoms with Gasteiger partial charge in [0.2, 0.25) is 0 Å². The fourth-order valence-corrected chi connectivity index (χ4v) is 1.64. The second-order valence-corrected chi connectivity index (χ2v) is 4.69. The van der Waals surface area contributed by atoms with E-state index in [2.05, 4.69) is 11.8 Å². The third-order valence-electron chi connectivity index (χ3n) is 2.72. The summed E-state index contributed by atoms with van der Waals surface area (Å²) in [5.41, 5.74) is -0.395. The molecule has 20 heavy (non-hydrogen) atoms. The summed E-state index contributed by atoms with van der Waals surface area (Å²) in [6.45, 7) is 3.98. The molecule has 0 radical (unpaired) electrons. The van der Waals surface area contributed by atoms with Crippen LogP contribution in [0.5, 0.6) is 0 Å². The van der Waals surface area contributed by atoms with Crippen LogP contribution in [-0.2, 0) is 6.18 Å². The number of hydrogen-bond acceptors (Lipinski definition) is 1. The van der Waals surface area contributed by atoms with Crippen LogP contribution in [0.4, 0.5) is 13.2 Å². The van der Waals surface area contributed by atoms with E-state index in [0.717, 1.165) is 17.9 Å². The summed E-state index contributed by atoms with van der Waals surface area (Å²) >= 11 is 0. The highest BCUT2D eigenvalue weighted by Gasteiger charge is 2.30. The second-order valence-electron chi connectivity index (χ2n) is 4.69. The smallest absolute Gasteiger partial charge is 0.416 e. The molecule has 1 aromatic heterocycles. The van der Waals surface area contributed by atoms with E-state index >= 15 is 0 Å². The standard InChI is InChI=1S/C16H13F3O/c1-11(2)15-9-8-14(20-15)7-6-12-4-3-5-13(10-12)16(17,18)19/h3-5,8-11H,1-2H3. The quantitative estimate of drug-likeness (QED) is 0.681. The number of hydrogen-bond donors (Lipinski definition) is 0. The van der Waals surface area contributed by atoms with Crippen molar-refractivity contribution < 1.29 is 17.6 Å². The number of benzene rings is 1. The van der Waals surface area contributed by atoms with E-state index < -0.39 is 11.7 Å². The average molecular weight is 278 g/mol. The lowest BCUT2D eigenvalue weighted by Gasteiger charge is -2.05. The van der Waals surface area contributed by atoms with Crippen LogP contribution in [0.3, 0.4) is 0 Å². The maximum absolute atomic E-state index is 12.6. The number of furan rings is 1. The highest BCUT2D eigenvalue weighted by molar-refractivity contribution is 5.42. The average Bonchev–Trinajstić information content (AvgIpc) is 2.85. The molecule has 0 aliphatic heterocycles. The maximum atomic E-state index is 12.6. The summed E-state index contributed by atoms with van der Waals surface area (Å²) in [6.07, 6.45) is -4.35. The van der Waals surface area contributed by atoms with Gasteiger partial charge in [-0.1, -0.05) is 25.8 Å². The first-order valence-corrected chi connectivity index (χ1v) is 6.15. The number of rotatable bonds is 1. The Kier molecular flexibility index (Phi) is 3.89. The highest BCUT2D eigenvalue weighted by atomic mass is 19.4. The molecule has 0 saturated heterocycles. The molecule has 0 bridgehead atoms. The van der Waals surface area contributed by atoms with E-state index in [1.807, 2.05) is 19.9 Å². The van der Waals surface area contributed by atoms with Crippen molar-refractivity contribution in [1.82, 2.24) is 0 Å². The molecule has 104 valence electrons. The van der Waals surface area contributed by atoms with Crippen LogP contribution >= 0.6 is 0 Å². The Hall–Kier alpha value is -2.15. The van der Waals surface area contributed by atoms with E-state index in [0.29, 0.717) is 11.3 Å². The fourth-order valence-electron chi connectivity index (χ4n) is 1.64. The second kappa shape index (κ2) is 5.46. The predicted octanol–water partition coefficient (Wildman–Crippen LogP) is 4.82. The van der Waals surface area contributed by atoms with E-state index in [1.165, 1.54) is 12.1 Å². The van der Waals surface area contributed by atoms with Gasteiger partial charge in [0.25, 0.3) is 0 Å². The molecule has 0 spiro atoms. The molecule has 0 fully saturated rings. The molecule has 0 amide bonds. The summed E-state index contributed by atoms with van der Waals surface area (Å²) in [5.74, 6) is 6.92. The molecular weight excluding hydrogens is 265 g/mol. The predicted molar refractivity (Wildman–Crippen MR) is 70.2 cm³/mol. The minimum Gasteiger partial charge on any atom is -0.452 e. The SMILES string of the molecule is CC(C)c1ccc(C#Cc2cccc(C(F)(F)F)c2)o1. The number of alkyl halides is 3. The molecule has 0 unspecified atom stereocenters. The maximum Gasteiger partial charge on any atom is 0.416 e. The minimum atomic E-state index is -4.35. The zero-order valence-electron chi connectivity index (χ0n) is 11.1. The first kappa shape index (κ1) is 14.3. The molecular formula is C16H13F3O. The van der Waals surface area contributed by atoms with E-state index in [9.17, 15) is 13.2 Å². The molecule has 0 aliphatic rings. The third kappa shape index (κ3) is 3.45. The van der Waals surface area contributed by atoms with Gasteiger partial charge in [0.15, 0.2) is 5.76 Å². The molecule has 0 N–H and O–H groups in total. The van der Waals surface area contributed by atoms with Crippen LogP contribution in [0.1, 0.15) is 42.4 Å². The van der Waals surface area contributed by atoms with Gasteiger partial charge in [-0.05, 0) is 36.3 Å². The Morgan fingerprint density at radius 2 is 1.80 bits per heavy atom. The van der Waals surface area contributed by atoms with Crippen LogP contribution < -0.4 is 0 Å². The molecule has 0 aliphatic carbocycles. The van der Waals surface area contributed by atoms with Crippen LogP contribution in [0.25, 0.3) is 0 Å². The van der Waals surface area contributed by atoms with Gasteiger partial charge in [-0.2, -0.15) is 13.2 Å². The highest BCUT2D eigenvalue weighted by Crippen LogP contribution is 2.29. The first-order chi connectivity index (χ1) is 9.36. The van der Waals surface area contributed by atoms with Crippen molar-refractivity contribution >= 4 is 0 Å². The van der Waals surface area contributed by atoms with Crippen LogP contribution in [0.15, 0.2) is 40.8 Å². The molecule has 1 heterocycles. The van der Waals surface area contributed by atoms with E-state index in [4.69, 9.17) is 4.42 Å². The summed E-state index contributed by atoms with van der Waals surface area (Å²) in [7, 11) is 0. The molecule has 1 aromatic carbocycles. The summed E-state index contributed by atoms with van der Waals surface area (Å²) in [5, 5.41) is 0. The zero-order chi connectivity index (χ0) is 14.8. The Morgan fingerprint density at radius 1 is 1.05 bits per heavy atom. The van der Waals surface area contributed by atoms with Crippen molar-refractivity contribution in [2.45, 2.75) is 25.9 Å². The van der Waals surface area contributed by atoms with Gasteiger partial charge < -0.3 is 4.42 Å². The molecule has 4 heteroatoms. The van der Waals surface area contributed by atoms with Gasteiger partial charge in [0.05, 0.1) is 5.56 Å². The van der Waals surface area contributed by atoms with Gasteiger partial charge in [-0.15, -0.1) is 0 Å². The van der Waals surface area contributed by atoms with E-state index in [1.54, 1.807) is 6.07 Å². The summed E-state index contributed by atoms with van der Waals surface area (Å²) in [4.78, 5) is 0. The van der Waals surface area contributed by atoms with Gasteiger partial charge >= 0.3 is 6.18 Å². The van der Waals surface area contributed by atoms with Crippen molar-refractivity contribution in [1.29, 1.82) is 0 Å². The van der Waals surface area contributed by atoms with Gasteiger partial charge in [-0.25, -0.2) is 0 Å². The Labute approximate surface area is 115 Å². The topological polar surface area (TPSA) is 13.1 Å². The Morgan fingerprint density at radius 3 is 2.40 bits per heavy atom. The van der Waals surface area contributed by atoms with Crippen molar-refractivity contribution in [2.75, 3.05) is 0 Å². The van der Waals surface area contributed by atoms with Crippen LogP contribution in [-0.4, -0.2) is 0 Å². The van der Waals surface area contributed by atoms with Crippen molar-refractivity contribution in [3.63, 3.8) is 0 Å². The van der Waals surface area contributed by atoms with E-state index in [-0.39, 0.29) is 5.92 Å². The lowest BCUT2D eigenvalue weighted by Crippen LogP contribution is -2.04. The van der Waals surface area contributed by atoms with Gasteiger partial charge in [-0.3, -0.25) is 0 Å².